The van der Waals surface area contributed by atoms with E-state index in [9.17, 15) is 14.4 Å². The highest BCUT2D eigenvalue weighted by Crippen LogP contribution is 2.27. The van der Waals surface area contributed by atoms with Gasteiger partial charge in [-0.15, -0.1) is 0 Å². The lowest BCUT2D eigenvalue weighted by atomic mass is 10.1. The molecule has 0 aliphatic carbocycles. The summed E-state index contributed by atoms with van der Waals surface area (Å²) < 4.78 is 0. The molecule has 126 valence electrons. The molecule has 1 aromatic carbocycles. The normalized spacial score (nSPS) is 13.7. The maximum atomic E-state index is 12.4. The molecule has 0 spiro atoms. The highest BCUT2D eigenvalue weighted by Gasteiger charge is 2.35. The van der Waals surface area contributed by atoms with E-state index in [2.05, 4.69) is 5.32 Å². The van der Waals surface area contributed by atoms with Gasteiger partial charge in [-0.2, -0.15) is 0 Å². The Morgan fingerprint density at radius 2 is 2.13 bits per heavy atom. The Labute approximate surface area is 137 Å². The SMILES string of the molecule is CC.CNC(=O)C(CCC=O)N1Cc2cc(CN)ccc2C1=O. The van der Waals surface area contributed by atoms with Gasteiger partial charge in [0, 0.05) is 32.1 Å². The first kappa shape index (κ1) is 18.8. The van der Waals surface area contributed by atoms with Crippen LogP contribution in [0.25, 0.3) is 0 Å². The number of hydrogen-bond donors (Lipinski definition) is 2. The second-order valence-electron chi connectivity index (χ2n) is 5.00. The van der Waals surface area contributed by atoms with Crippen LogP contribution in [0.1, 0.15) is 48.2 Å². The number of likely N-dealkylation sites (N-methyl/N-ethyl adjacent to an activating group) is 1. The number of benzene rings is 1. The minimum absolute atomic E-state index is 0.173. The first-order chi connectivity index (χ1) is 11.1. The van der Waals surface area contributed by atoms with Gasteiger partial charge in [-0.3, -0.25) is 9.59 Å². The van der Waals surface area contributed by atoms with Gasteiger partial charge in [0.25, 0.3) is 5.91 Å². The molecular weight excluding hydrogens is 294 g/mol. The molecule has 2 amide bonds. The van der Waals surface area contributed by atoms with Crippen molar-refractivity contribution in [3.8, 4) is 0 Å². The summed E-state index contributed by atoms with van der Waals surface area (Å²) in [5.41, 5.74) is 8.04. The van der Waals surface area contributed by atoms with Gasteiger partial charge >= 0.3 is 0 Å². The van der Waals surface area contributed by atoms with Crippen molar-refractivity contribution in [2.24, 2.45) is 5.73 Å². The van der Waals surface area contributed by atoms with Crippen molar-refractivity contribution in [2.45, 2.75) is 45.8 Å². The van der Waals surface area contributed by atoms with Crippen molar-refractivity contribution in [1.29, 1.82) is 0 Å². The summed E-state index contributed by atoms with van der Waals surface area (Å²) in [5, 5.41) is 2.55. The summed E-state index contributed by atoms with van der Waals surface area (Å²) in [7, 11) is 1.52. The average molecular weight is 319 g/mol. The number of amides is 2. The maximum Gasteiger partial charge on any atom is 0.255 e. The van der Waals surface area contributed by atoms with Crippen LogP contribution in [0.2, 0.25) is 0 Å². The molecule has 0 aromatic heterocycles. The molecule has 6 heteroatoms. The highest BCUT2D eigenvalue weighted by atomic mass is 16.2. The molecule has 0 saturated heterocycles. The number of nitrogens with one attached hydrogen (secondary N) is 1. The molecular formula is C17H25N3O3. The summed E-state index contributed by atoms with van der Waals surface area (Å²) in [6, 6.07) is 4.84. The molecule has 1 atom stereocenters. The van der Waals surface area contributed by atoms with Crippen LogP contribution in [-0.2, 0) is 22.7 Å². The van der Waals surface area contributed by atoms with Crippen LogP contribution in [0.15, 0.2) is 18.2 Å². The highest BCUT2D eigenvalue weighted by molar-refractivity contribution is 6.01. The third-order valence-corrected chi connectivity index (χ3v) is 3.72. The van der Waals surface area contributed by atoms with Crippen LogP contribution >= 0.6 is 0 Å². The van der Waals surface area contributed by atoms with E-state index in [0.29, 0.717) is 25.1 Å². The van der Waals surface area contributed by atoms with Crippen molar-refractivity contribution < 1.29 is 14.4 Å². The lowest BCUT2D eigenvalue weighted by molar-refractivity contribution is -0.125. The molecule has 0 radical (unpaired) electrons. The van der Waals surface area contributed by atoms with Crippen molar-refractivity contribution >= 4 is 18.1 Å². The van der Waals surface area contributed by atoms with E-state index in [1.54, 1.807) is 6.07 Å². The van der Waals surface area contributed by atoms with E-state index < -0.39 is 6.04 Å². The van der Waals surface area contributed by atoms with Gasteiger partial charge in [0.1, 0.15) is 12.3 Å². The molecule has 6 nitrogen and oxygen atoms in total. The number of nitrogens with zero attached hydrogens (tertiary/aromatic N) is 1. The molecule has 2 rings (SSSR count). The van der Waals surface area contributed by atoms with Crippen LogP contribution in [0.3, 0.4) is 0 Å². The predicted molar refractivity (Wildman–Crippen MR) is 88.7 cm³/mol. The zero-order chi connectivity index (χ0) is 17.4. The monoisotopic (exact) mass is 319 g/mol. The Hall–Kier alpha value is -2.21. The van der Waals surface area contributed by atoms with E-state index in [1.165, 1.54) is 11.9 Å². The molecule has 1 unspecified atom stereocenters. The summed E-state index contributed by atoms with van der Waals surface area (Å²) >= 11 is 0. The second-order valence-corrected chi connectivity index (χ2v) is 5.00. The molecule has 3 N–H and O–H groups in total. The topological polar surface area (TPSA) is 92.5 Å². The molecule has 0 bridgehead atoms. The zero-order valence-corrected chi connectivity index (χ0v) is 14.0. The van der Waals surface area contributed by atoms with E-state index >= 15 is 0 Å². The van der Waals surface area contributed by atoms with Crippen LogP contribution in [0.5, 0.6) is 0 Å². The Balaban J connectivity index is 0.00000127. The van der Waals surface area contributed by atoms with Crippen LogP contribution in [-0.4, -0.2) is 36.1 Å². The second kappa shape index (κ2) is 9.05. The zero-order valence-electron chi connectivity index (χ0n) is 14.0. The van der Waals surface area contributed by atoms with Gasteiger partial charge < -0.3 is 20.7 Å². The summed E-state index contributed by atoms with van der Waals surface area (Å²) in [4.78, 5) is 36.5. The van der Waals surface area contributed by atoms with Gasteiger partial charge in [-0.25, -0.2) is 0 Å². The first-order valence-corrected chi connectivity index (χ1v) is 7.90. The van der Waals surface area contributed by atoms with E-state index in [4.69, 9.17) is 5.73 Å². The molecule has 1 aliphatic heterocycles. The van der Waals surface area contributed by atoms with Gasteiger partial charge in [0.05, 0.1) is 0 Å². The Bertz CT molecular complexity index is 572. The molecule has 1 heterocycles. The van der Waals surface area contributed by atoms with Gasteiger partial charge in [-0.1, -0.05) is 26.0 Å². The summed E-state index contributed by atoms with van der Waals surface area (Å²) in [6.45, 7) is 4.78. The largest absolute Gasteiger partial charge is 0.357 e. The minimum atomic E-state index is -0.624. The van der Waals surface area contributed by atoms with Gasteiger partial charge in [-0.05, 0) is 23.6 Å². The fourth-order valence-corrected chi connectivity index (χ4v) is 2.60. The number of aldehydes is 1. The number of nitrogens with two attached hydrogens (primary N) is 1. The molecule has 0 saturated carbocycles. The van der Waals surface area contributed by atoms with Gasteiger partial charge in [0.2, 0.25) is 5.91 Å². The number of carbonyl (C=O) groups excluding carboxylic acids is 3. The third kappa shape index (κ3) is 4.16. The molecule has 1 aliphatic rings. The van der Waals surface area contributed by atoms with Crippen molar-refractivity contribution in [1.82, 2.24) is 10.2 Å². The van der Waals surface area contributed by atoms with Gasteiger partial charge in [0.15, 0.2) is 0 Å². The standard InChI is InChI=1S/C15H19N3O3.C2H6/c1-17-14(20)13(3-2-6-19)18-9-11-7-10(8-16)4-5-12(11)15(18)21;1-2/h4-7,13H,2-3,8-9,16H2,1H3,(H,17,20);1-2H3. The molecule has 1 aromatic rings. The fourth-order valence-electron chi connectivity index (χ4n) is 2.60. The van der Waals surface area contributed by atoms with Crippen LogP contribution in [0, 0.1) is 0 Å². The summed E-state index contributed by atoms with van der Waals surface area (Å²) in [5.74, 6) is -0.426. The Morgan fingerprint density at radius 1 is 1.43 bits per heavy atom. The first-order valence-electron chi connectivity index (χ1n) is 7.90. The molecule has 23 heavy (non-hydrogen) atoms. The smallest absolute Gasteiger partial charge is 0.255 e. The summed E-state index contributed by atoms with van der Waals surface area (Å²) in [6.07, 6.45) is 1.33. The van der Waals surface area contributed by atoms with Crippen molar-refractivity contribution in [3.63, 3.8) is 0 Å². The van der Waals surface area contributed by atoms with Crippen LogP contribution < -0.4 is 11.1 Å². The Kier molecular flexibility index (Phi) is 7.41. The third-order valence-electron chi connectivity index (χ3n) is 3.72. The number of rotatable bonds is 6. The number of carbonyl (C=O) groups is 3. The fraction of sp³-hybridized carbons (Fsp3) is 0.471. The lowest BCUT2D eigenvalue weighted by Gasteiger charge is -2.25. The average Bonchev–Trinajstić information content (AvgIpc) is 2.92. The molecule has 0 fully saturated rings. The predicted octanol–water partition coefficient (Wildman–Crippen LogP) is 1.22. The number of hydrogen-bond acceptors (Lipinski definition) is 4. The van der Waals surface area contributed by atoms with Crippen molar-refractivity contribution in [2.75, 3.05) is 7.05 Å². The Morgan fingerprint density at radius 3 is 2.70 bits per heavy atom. The number of fused-ring (bicyclic) bond motifs is 1. The van der Waals surface area contributed by atoms with Crippen LogP contribution in [0.4, 0.5) is 0 Å². The maximum absolute atomic E-state index is 12.4. The van der Waals surface area contributed by atoms with E-state index in [1.807, 2.05) is 26.0 Å². The lowest BCUT2D eigenvalue weighted by Crippen LogP contribution is -2.46. The minimum Gasteiger partial charge on any atom is -0.357 e. The van der Waals surface area contributed by atoms with E-state index in [-0.39, 0.29) is 18.2 Å². The van der Waals surface area contributed by atoms with E-state index in [0.717, 1.165) is 17.4 Å². The van der Waals surface area contributed by atoms with Crippen molar-refractivity contribution in [3.05, 3.63) is 34.9 Å². The quantitative estimate of drug-likeness (QED) is 0.771.